The van der Waals surface area contributed by atoms with Gasteiger partial charge in [0.25, 0.3) is 10.1 Å². The van der Waals surface area contributed by atoms with Crippen LogP contribution >= 0.6 is 11.8 Å². The standard InChI is InChI=1S/C28H27NO4S2/c1-3-19(18-27-29(2)23-12-6-7-13-26(23)34-27)17-25-22(11-8-16-35(30,31)32)28-21-10-5-4-9-20(21)14-15-24(28)33-25/h4-7,9-10,12-15,17-18H,3,8,11,16H2,1-2H3,(H,30,31,32)/b19-17-,27-18+. The molecule has 0 saturated carbocycles. The van der Waals surface area contributed by atoms with E-state index in [4.69, 9.17) is 4.42 Å². The molecule has 0 atom stereocenters. The summed E-state index contributed by atoms with van der Waals surface area (Å²) in [6.45, 7) is 2.12. The third-order valence-electron chi connectivity index (χ3n) is 6.34. The molecule has 0 spiro atoms. The van der Waals surface area contributed by atoms with Gasteiger partial charge in [0.05, 0.1) is 16.5 Å². The Bertz CT molecular complexity index is 1580. The first kappa shape index (κ1) is 23.7. The van der Waals surface area contributed by atoms with Gasteiger partial charge < -0.3 is 9.32 Å². The minimum atomic E-state index is -4.03. The van der Waals surface area contributed by atoms with Crippen LogP contribution in [0.2, 0.25) is 0 Å². The maximum absolute atomic E-state index is 11.4. The number of aryl methyl sites for hydroxylation is 1. The van der Waals surface area contributed by atoms with Crippen molar-refractivity contribution in [2.24, 2.45) is 0 Å². The van der Waals surface area contributed by atoms with Crippen LogP contribution in [0.4, 0.5) is 5.69 Å². The summed E-state index contributed by atoms with van der Waals surface area (Å²) >= 11 is 1.75. The fourth-order valence-electron chi connectivity index (χ4n) is 4.57. The van der Waals surface area contributed by atoms with Crippen molar-refractivity contribution in [2.75, 3.05) is 17.7 Å². The number of benzene rings is 3. The molecule has 5 rings (SSSR count). The maximum atomic E-state index is 11.4. The SMILES string of the molecule is CCC(=C/c1oc2ccc3ccccc3c2c1CCCS(=O)(=O)O)/C=C1/Sc2ccccc2N1C. The second kappa shape index (κ2) is 9.57. The summed E-state index contributed by atoms with van der Waals surface area (Å²) in [5, 5.41) is 4.33. The lowest BCUT2D eigenvalue weighted by Gasteiger charge is -2.13. The number of anilines is 1. The molecule has 3 aromatic carbocycles. The number of fused-ring (bicyclic) bond motifs is 4. The highest BCUT2D eigenvalue weighted by atomic mass is 32.2. The molecule has 1 aliphatic rings. The van der Waals surface area contributed by atoms with Crippen molar-refractivity contribution in [1.29, 1.82) is 0 Å². The Hall–Kier alpha value is -3.00. The van der Waals surface area contributed by atoms with Crippen LogP contribution in [0.3, 0.4) is 0 Å². The van der Waals surface area contributed by atoms with E-state index in [0.29, 0.717) is 12.8 Å². The van der Waals surface area contributed by atoms with E-state index in [2.05, 4.69) is 61.4 Å². The lowest BCUT2D eigenvalue weighted by molar-refractivity contribution is 0.481. The monoisotopic (exact) mass is 505 g/mol. The normalized spacial score (nSPS) is 15.5. The molecule has 5 nitrogen and oxygen atoms in total. The van der Waals surface area contributed by atoms with E-state index < -0.39 is 10.1 Å². The first-order chi connectivity index (χ1) is 16.8. The summed E-state index contributed by atoms with van der Waals surface area (Å²) in [5.41, 5.74) is 4.06. The Morgan fingerprint density at radius 2 is 1.86 bits per heavy atom. The molecular formula is C28H27NO4S2. The molecule has 0 radical (unpaired) electrons. The molecule has 1 N–H and O–H groups in total. The fourth-order valence-corrected chi connectivity index (χ4v) is 6.20. The molecule has 4 aromatic rings. The maximum Gasteiger partial charge on any atom is 0.264 e. The summed E-state index contributed by atoms with van der Waals surface area (Å²) in [6.07, 6.45) is 5.88. The predicted octanol–water partition coefficient (Wildman–Crippen LogP) is 7.28. The van der Waals surface area contributed by atoms with Gasteiger partial charge in [-0.1, -0.05) is 61.2 Å². The van der Waals surface area contributed by atoms with E-state index in [0.717, 1.165) is 50.1 Å². The Kier molecular flexibility index (Phi) is 6.49. The highest BCUT2D eigenvalue weighted by molar-refractivity contribution is 8.03. The third kappa shape index (κ3) is 4.89. The zero-order valence-electron chi connectivity index (χ0n) is 19.7. The molecule has 0 amide bonds. The van der Waals surface area contributed by atoms with Crippen molar-refractivity contribution in [3.63, 3.8) is 0 Å². The topological polar surface area (TPSA) is 70.8 Å². The Morgan fingerprint density at radius 3 is 2.63 bits per heavy atom. The van der Waals surface area contributed by atoms with Gasteiger partial charge in [-0.3, -0.25) is 4.55 Å². The molecule has 1 aromatic heterocycles. The number of hydrogen-bond acceptors (Lipinski definition) is 5. The van der Waals surface area contributed by atoms with Crippen LogP contribution in [-0.2, 0) is 16.5 Å². The van der Waals surface area contributed by atoms with Gasteiger partial charge in [0.2, 0.25) is 0 Å². The number of hydrogen-bond donors (Lipinski definition) is 1. The van der Waals surface area contributed by atoms with Crippen LogP contribution in [0, 0.1) is 0 Å². The van der Waals surface area contributed by atoms with Gasteiger partial charge in [-0.15, -0.1) is 0 Å². The molecule has 0 saturated heterocycles. The fraction of sp³-hybridized carbons (Fsp3) is 0.214. The van der Waals surface area contributed by atoms with Crippen molar-refractivity contribution in [3.05, 3.63) is 88.7 Å². The van der Waals surface area contributed by atoms with Crippen molar-refractivity contribution in [1.82, 2.24) is 0 Å². The van der Waals surface area contributed by atoms with Gasteiger partial charge >= 0.3 is 0 Å². The molecule has 7 heteroatoms. The smallest absolute Gasteiger partial charge is 0.264 e. The lowest BCUT2D eigenvalue weighted by Crippen LogP contribution is -2.09. The third-order valence-corrected chi connectivity index (χ3v) is 8.31. The van der Waals surface area contributed by atoms with Crippen LogP contribution < -0.4 is 4.90 Å². The van der Waals surface area contributed by atoms with E-state index in [1.54, 1.807) is 11.8 Å². The number of para-hydroxylation sites is 1. The summed E-state index contributed by atoms with van der Waals surface area (Å²) in [4.78, 5) is 3.43. The number of thioether (sulfide) groups is 1. The average Bonchev–Trinajstić information content (AvgIpc) is 3.35. The second-order valence-corrected chi connectivity index (χ2v) is 11.3. The Balaban J connectivity index is 1.59. The largest absolute Gasteiger partial charge is 0.456 e. The van der Waals surface area contributed by atoms with Crippen LogP contribution in [0.25, 0.3) is 27.8 Å². The van der Waals surface area contributed by atoms with Crippen molar-refractivity contribution >= 4 is 55.4 Å². The second-order valence-electron chi connectivity index (χ2n) is 8.68. The number of rotatable bonds is 7. The molecule has 0 fully saturated rings. The Labute approximate surface area is 209 Å². The average molecular weight is 506 g/mol. The van der Waals surface area contributed by atoms with Gasteiger partial charge in [-0.05, 0) is 66.0 Å². The first-order valence-electron chi connectivity index (χ1n) is 11.6. The summed E-state index contributed by atoms with van der Waals surface area (Å²) < 4.78 is 38.3. The van der Waals surface area contributed by atoms with Crippen molar-refractivity contribution in [3.8, 4) is 0 Å². The van der Waals surface area contributed by atoms with E-state index in [-0.39, 0.29) is 5.75 Å². The molecule has 180 valence electrons. The van der Waals surface area contributed by atoms with Gasteiger partial charge in [0.1, 0.15) is 11.3 Å². The Morgan fingerprint density at radius 1 is 1.09 bits per heavy atom. The van der Waals surface area contributed by atoms with Crippen molar-refractivity contribution < 1.29 is 17.4 Å². The molecule has 1 aliphatic heterocycles. The summed E-state index contributed by atoms with van der Waals surface area (Å²) in [5.74, 6) is 0.460. The molecular weight excluding hydrogens is 478 g/mol. The van der Waals surface area contributed by atoms with Gasteiger partial charge in [0.15, 0.2) is 0 Å². The van der Waals surface area contributed by atoms with Crippen LogP contribution in [0.15, 0.2) is 86.7 Å². The van der Waals surface area contributed by atoms with Gasteiger partial charge in [-0.25, -0.2) is 0 Å². The molecule has 0 bridgehead atoms. The molecule has 0 aliphatic carbocycles. The van der Waals surface area contributed by atoms with Crippen LogP contribution in [0.1, 0.15) is 31.1 Å². The molecule has 0 unspecified atom stereocenters. The van der Waals surface area contributed by atoms with E-state index in [1.165, 1.54) is 10.6 Å². The highest BCUT2D eigenvalue weighted by Crippen LogP contribution is 2.45. The van der Waals surface area contributed by atoms with Gasteiger partial charge in [0, 0.05) is 22.9 Å². The van der Waals surface area contributed by atoms with E-state index in [1.807, 2.05) is 30.3 Å². The van der Waals surface area contributed by atoms with Crippen LogP contribution in [-0.4, -0.2) is 25.8 Å². The number of nitrogens with zero attached hydrogens (tertiary/aromatic N) is 1. The van der Waals surface area contributed by atoms with E-state index >= 15 is 0 Å². The minimum absolute atomic E-state index is 0.280. The molecule has 2 heterocycles. The minimum Gasteiger partial charge on any atom is -0.456 e. The zero-order chi connectivity index (χ0) is 24.6. The quantitative estimate of drug-likeness (QED) is 0.266. The van der Waals surface area contributed by atoms with E-state index in [9.17, 15) is 13.0 Å². The number of furan rings is 1. The molecule has 35 heavy (non-hydrogen) atoms. The zero-order valence-corrected chi connectivity index (χ0v) is 21.3. The lowest BCUT2D eigenvalue weighted by atomic mass is 9.99. The van der Waals surface area contributed by atoms with Crippen LogP contribution in [0.5, 0.6) is 0 Å². The predicted molar refractivity (Wildman–Crippen MR) is 146 cm³/mol. The first-order valence-corrected chi connectivity index (χ1v) is 14.1. The summed E-state index contributed by atoms with van der Waals surface area (Å²) in [6, 6.07) is 20.5. The van der Waals surface area contributed by atoms with Gasteiger partial charge in [-0.2, -0.15) is 8.42 Å². The highest BCUT2D eigenvalue weighted by Gasteiger charge is 2.22. The number of allylic oxidation sites excluding steroid dienone is 2. The van der Waals surface area contributed by atoms with Crippen molar-refractivity contribution in [2.45, 2.75) is 31.1 Å². The summed E-state index contributed by atoms with van der Waals surface area (Å²) in [7, 11) is -1.95.